The number of ether oxygens (including phenoxy) is 2. The van der Waals surface area contributed by atoms with E-state index >= 15 is 0 Å². The Balaban J connectivity index is 2.38. The van der Waals surface area contributed by atoms with Crippen molar-refractivity contribution >= 4 is 46.7 Å². The predicted octanol–water partition coefficient (Wildman–Crippen LogP) is 6.09. The minimum Gasteiger partial charge on any atom is -0.465 e. The fourth-order valence-corrected chi connectivity index (χ4v) is 2.72. The molecule has 1 atom stereocenters. The van der Waals surface area contributed by atoms with E-state index in [0.717, 1.165) is 25.7 Å². The summed E-state index contributed by atoms with van der Waals surface area (Å²) < 4.78 is 10.3. The first kappa shape index (κ1) is 22.1. The highest BCUT2D eigenvalue weighted by Crippen LogP contribution is 2.34. The van der Waals surface area contributed by atoms with Crippen LogP contribution in [0.1, 0.15) is 52.4 Å². The topological polar surface area (TPSA) is 52.6 Å². The number of unbranched alkanes of at least 4 members (excludes halogenated alkanes) is 1. The highest BCUT2D eigenvalue weighted by Gasteiger charge is 2.15. The van der Waals surface area contributed by atoms with Crippen LogP contribution in [0.25, 0.3) is 0 Å². The summed E-state index contributed by atoms with van der Waals surface area (Å²) in [4.78, 5) is 23.6. The van der Waals surface area contributed by atoms with Crippen LogP contribution in [0.2, 0.25) is 15.1 Å². The first-order valence-corrected chi connectivity index (χ1v) is 9.51. The molecule has 0 bridgehead atoms. The molecule has 0 radical (unpaired) electrons. The van der Waals surface area contributed by atoms with Crippen LogP contribution >= 0.6 is 34.8 Å². The van der Waals surface area contributed by atoms with Crippen molar-refractivity contribution in [3.63, 3.8) is 0 Å². The number of benzene rings is 1. The molecule has 0 aliphatic rings. The average molecular weight is 410 g/mol. The lowest BCUT2D eigenvalue weighted by Crippen LogP contribution is -2.16. The number of carbonyl (C=O) groups excluding carboxylic acids is 2. The van der Waals surface area contributed by atoms with Crippen LogP contribution < -0.4 is 4.74 Å². The Morgan fingerprint density at radius 1 is 1.00 bits per heavy atom. The van der Waals surface area contributed by atoms with Crippen molar-refractivity contribution in [1.29, 1.82) is 0 Å². The Bertz CT molecular complexity index is 590. The molecule has 0 N–H and O–H groups in total. The van der Waals surface area contributed by atoms with Gasteiger partial charge in [-0.15, -0.1) is 0 Å². The molecule has 0 amide bonds. The summed E-state index contributed by atoms with van der Waals surface area (Å²) in [6.45, 7) is 4.60. The lowest BCUT2D eigenvalue weighted by atomic mass is 10.0. The van der Waals surface area contributed by atoms with Gasteiger partial charge >= 0.3 is 11.9 Å². The molecule has 0 heterocycles. The average Bonchev–Trinajstić information content (AvgIpc) is 2.58. The van der Waals surface area contributed by atoms with Gasteiger partial charge < -0.3 is 9.47 Å². The van der Waals surface area contributed by atoms with E-state index in [1.807, 2.05) is 0 Å². The fraction of sp³-hybridized carbons (Fsp3) is 0.556. The van der Waals surface area contributed by atoms with Gasteiger partial charge in [-0.25, -0.2) is 0 Å². The van der Waals surface area contributed by atoms with E-state index < -0.39 is 11.9 Å². The van der Waals surface area contributed by atoms with Crippen LogP contribution in [-0.2, 0) is 14.3 Å². The second-order valence-electron chi connectivity index (χ2n) is 5.77. The second-order valence-corrected chi connectivity index (χ2v) is 6.99. The molecule has 1 aromatic carbocycles. The van der Waals surface area contributed by atoms with E-state index in [-0.39, 0.29) is 33.7 Å². The summed E-state index contributed by atoms with van der Waals surface area (Å²) in [5.41, 5.74) is 0. The van der Waals surface area contributed by atoms with E-state index in [1.54, 1.807) is 0 Å². The van der Waals surface area contributed by atoms with Gasteiger partial charge in [0.25, 0.3) is 0 Å². The molecule has 1 aromatic rings. The SMILES string of the molecule is CCCCC(CC)COC(=O)CCC(=O)Oc1cc(Cl)c(Cl)cc1Cl. The predicted molar refractivity (Wildman–Crippen MR) is 101 cm³/mol. The summed E-state index contributed by atoms with van der Waals surface area (Å²) in [7, 11) is 0. The van der Waals surface area contributed by atoms with E-state index in [1.165, 1.54) is 12.1 Å². The Kier molecular flexibility index (Phi) is 10.2. The van der Waals surface area contributed by atoms with Crippen LogP contribution in [-0.4, -0.2) is 18.5 Å². The Morgan fingerprint density at radius 3 is 2.28 bits per heavy atom. The van der Waals surface area contributed by atoms with Gasteiger partial charge in [-0.2, -0.15) is 0 Å². The molecule has 0 aliphatic heterocycles. The summed E-state index contributed by atoms with van der Waals surface area (Å²) in [6, 6.07) is 2.76. The fourth-order valence-electron chi connectivity index (χ4n) is 2.14. The summed E-state index contributed by atoms with van der Waals surface area (Å²) in [6.07, 6.45) is 4.10. The number of carbonyl (C=O) groups is 2. The molecule has 1 rings (SSSR count). The maximum Gasteiger partial charge on any atom is 0.311 e. The molecule has 0 saturated heterocycles. The molecule has 140 valence electrons. The van der Waals surface area contributed by atoms with Crippen molar-refractivity contribution in [2.24, 2.45) is 5.92 Å². The molecule has 4 nitrogen and oxygen atoms in total. The van der Waals surface area contributed by atoms with Crippen LogP contribution in [0, 0.1) is 5.92 Å². The number of rotatable bonds is 10. The first-order valence-electron chi connectivity index (χ1n) is 8.38. The monoisotopic (exact) mass is 408 g/mol. The van der Waals surface area contributed by atoms with Gasteiger partial charge in [-0.3, -0.25) is 9.59 Å². The zero-order valence-corrected chi connectivity index (χ0v) is 16.7. The van der Waals surface area contributed by atoms with E-state index in [4.69, 9.17) is 44.3 Å². The van der Waals surface area contributed by atoms with E-state index in [2.05, 4.69) is 13.8 Å². The minimum absolute atomic E-state index is 0.0397. The van der Waals surface area contributed by atoms with Crippen molar-refractivity contribution in [3.8, 4) is 5.75 Å². The van der Waals surface area contributed by atoms with Gasteiger partial charge in [0.1, 0.15) is 0 Å². The number of esters is 2. The second kappa shape index (κ2) is 11.6. The smallest absolute Gasteiger partial charge is 0.311 e. The van der Waals surface area contributed by atoms with Crippen molar-refractivity contribution in [2.75, 3.05) is 6.61 Å². The van der Waals surface area contributed by atoms with Gasteiger partial charge in [-0.05, 0) is 18.4 Å². The lowest BCUT2D eigenvalue weighted by Gasteiger charge is -2.14. The highest BCUT2D eigenvalue weighted by atomic mass is 35.5. The normalized spacial score (nSPS) is 11.9. The number of hydrogen-bond acceptors (Lipinski definition) is 4. The maximum absolute atomic E-state index is 11.8. The summed E-state index contributed by atoms with van der Waals surface area (Å²) in [5, 5.41) is 0.668. The number of halogens is 3. The molecule has 0 aliphatic carbocycles. The van der Waals surface area contributed by atoms with Gasteiger partial charge in [0, 0.05) is 6.07 Å². The number of hydrogen-bond donors (Lipinski definition) is 0. The maximum atomic E-state index is 11.8. The zero-order chi connectivity index (χ0) is 18.8. The Labute approximate surface area is 163 Å². The molecule has 0 aromatic heterocycles. The van der Waals surface area contributed by atoms with Gasteiger partial charge in [0.2, 0.25) is 0 Å². The summed E-state index contributed by atoms with van der Waals surface area (Å²) >= 11 is 17.6. The van der Waals surface area contributed by atoms with Gasteiger partial charge in [-0.1, -0.05) is 67.9 Å². The molecule has 7 heteroatoms. The molecule has 0 fully saturated rings. The van der Waals surface area contributed by atoms with Gasteiger partial charge in [0.05, 0.1) is 34.5 Å². The third kappa shape index (κ3) is 8.30. The molecule has 0 saturated carbocycles. The zero-order valence-electron chi connectivity index (χ0n) is 14.4. The van der Waals surface area contributed by atoms with Crippen LogP contribution in [0.4, 0.5) is 0 Å². The minimum atomic E-state index is -0.588. The standard InChI is InChI=1S/C18H23Cl3O4/c1-3-5-6-12(4-2)11-24-17(22)7-8-18(23)25-16-10-14(20)13(19)9-15(16)21/h9-10,12H,3-8,11H2,1-2H3. The third-order valence-electron chi connectivity index (χ3n) is 3.76. The first-order chi connectivity index (χ1) is 11.9. The van der Waals surface area contributed by atoms with Crippen molar-refractivity contribution < 1.29 is 19.1 Å². The van der Waals surface area contributed by atoms with E-state index in [0.29, 0.717) is 12.5 Å². The molecular formula is C18H23Cl3O4. The summed E-state index contributed by atoms with van der Waals surface area (Å²) in [5.74, 6) is -0.520. The van der Waals surface area contributed by atoms with Crippen molar-refractivity contribution in [3.05, 3.63) is 27.2 Å². The molecule has 0 spiro atoms. The largest absolute Gasteiger partial charge is 0.465 e. The van der Waals surface area contributed by atoms with Crippen LogP contribution in [0.5, 0.6) is 5.75 Å². The van der Waals surface area contributed by atoms with Crippen LogP contribution in [0.15, 0.2) is 12.1 Å². The highest BCUT2D eigenvalue weighted by molar-refractivity contribution is 6.43. The van der Waals surface area contributed by atoms with E-state index in [9.17, 15) is 9.59 Å². The lowest BCUT2D eigenvalue weighted by molar-refractivity contribution is -0.148. The molecular weight excluding hydrogens is 387 g/mol. The third-order valence-corrected chi connectivity index (χ3v) is 4.77. The Hall–Kier alpha value is -0.970. The molecule has 1 unspecified atom stereocenters. The molecule has 25 heavy (non-hydrogen) atoms. The van der Waals surface area contributed by atoms with Crippen molar-refractivity contribution in [1.82, 2.24) is 0 Å². The quantitative estimate of drug-likeness (QED) is 0.266. The van der Waals surface area contributed by atoms with Gasteiger partial charge in [0.15, 0.2) is 5.75 Å². The van der Waals surface area contributed by atoms with Crippen LogP contribution in [0.3, 0.4) is 0 Å². The Morgan fingerprint density at radius 2 is 1.64 bits per heavy atom. The van der Waals surface area contributed by atoms with Crippen molar-refractivity contribution in [2.45, 2.75) is 52.4 Å².